The molecule has 1 heterocycles. The Kier molecular flexibility index (Phi) is 3.83. The summed E-state index contributed by atoms with van der Waals surface area (Å²) in [6.07, 6.45) is 4.81. The lowest BCUT2D eigenvalue weighted by molar-refractivity contribution is 0.574. The second kappa shape index (κ2) is 5.76. The number of benzene rings is 1. The minimum absolute atomic E-state index is 0.286. The number of nitrogens with zero attached hydrogens (tertiary/aromatic N) is 1. The van der Waals surface area contributed by atoms with Crippen molar-refractivity contribution in [3.8, 4) is 0 Å². The lowest BCUT2D eigenvalue weighted by Gasteiger charge is -2.17. The van der Waals surface area contributed by atoms with Crippen molar-refractivity contribution in [3.63, 3.8) is 0 Å². The van der Waals surface area contributed by atoms with Gasteiger partial charge in [-0.25, -0.2) is 0 Å². The van der Waals surface area contributed by atoms with Gasteiger partial charge < -0.3 is 5.32 Å². The summed E-state index contributed by atoms with van der Waals surface area (Å²) in [7, 11) is 2.02. The molecule has 0 saturated carbocycles. The smallest absolute Gasteiger partial charge is 0.0579 e. The van der Waals surface area contributed by atoms with E-state index in [4.69, 9.17) is 0 Å². The van der Waals surface area contributed by atoms with E-state index in [0.717, 1.165) is 17.8 Å². The third-order valence-electron chi connectivity index (χ3n) is 4.22. The zero-order valence-corrected chi connectivity index (χ0v) is 12.3. The maximum atomic E-state index is 4.65. The maximum Gasteiger partial charge on any atom is 0.0579 e. The molecule has 3 rings (SSSR count). The quantitative estimate of drug-likeness (QED) is 0.917. The first-order valence-electron chi connectivity index (χ1n) is 7.48. The van der Waals surface area contributed by atoms with E-state index >= 15 is 0 Å². The van der Waals surface area contributed by atoms with Gasteiger partial charge in [-0.3, -0.25) is 4.98 Å². The summed E-state index contributed by atoms with van der Waals surface area (Å²) in [5.74, 6) is 0. The number of rotatable bonds is 4. The zero-order chi connectivity index (χ0) is 13.9. The van der Waals surface area contributed by atoms with Gasteiger partial charge in [0.1, 0.15) is 0 Å². The number of hydrogen-bond donors (Lipinski definition) is 1. The number of hydrogen-bond acceptors (Lipinski definition) is 2. The molecule has 2 aromatic rings. The van der Waals surface area contributed by atoms with Gasteiger partial charge in [0.15, 0.2) is 0 Å². The van der Waals surface area contributed by atoms with Gasteiger partial charge in [0.05, 0.1) is 11.7 Å². The van der Waals surface area contributed by atoms with E-state index in [0.29, 0.717) is 0 Å². The van der Waals surface area contributed by atoms with Gasteiger partial charge in [-0.15, -0.1) is 0 Å². The molecule has 0 fully saturated rings. The number of pyridine rings is 1. The lowest BCUT2D eigenvalue weighted by atomic mass is 9.99. The molecule has 2 heteroatoms. The molecule has 0 amide bonds. The minimum atomic E-state index is 0.286. The highest BCUT2D eigenvalue weighted by Crippen LogP contribution is 2.25. The fourth-order valence-corrected chi connectivity index (χ4v) is 3.10. The van der Waals surface area contributed by atoms with E-state index in [-0.39, 0.29) is 6.04 Å². The first-order chi connectivity index (χ1) is 9.76. The Morgan fingerprint density at radius 3 is 2.80 bits per heavy atom. The largest absolute Gasteiger partial charge is 0.311 e. The van der Waals surface area contributed by atoms with E-state index in [2.05, 4.69) is 40.6 Å². The summed E-state index contributed by atoms with van der Waals surface area (Å²) in [4.78, 5) is 4.65. The summed E-state index contributed by atoms with van der Waals surface area (Å²) in [5, 5.41) is 3.40. The van der Waals surface area contributed by atoms with Crippen molar-refractivity contribution < 1.29 is 0 Å². The van der Waals surface area contributed by atoms with Crippen molar-refractivity contribution in [1.82, 2.24) is 10.3 Å². The average molecular weight is 266 g/mol. The summed E-state index contributed by atoms with van der Waals surface area (Å²) in [6.45, 7) is 2.05. The van der Waals surface area contributed by atoms with Crippen molar-refractivity contribution in [1.29, 1.82) is 0 Å². The van der Waals surface area contributed by atoms with Crippen LogP contribution in [-0.4, -0.2) is 12.0 Å². The Bertz CT molecular complexity index is 604. The Labute approximate surface area is 121 Å². The van der Waals surface area contributed by atoms with Crippen LogP contribution in [0.1, 0.15) is 40.5 Å². The van der Waals surface area contributed by atoms with Crippen LogP contribution < -0.4 is 5.32 Å². The van der Waals surface area contributed by atoms with Gasteiger partial charge in [-0.2, -0.15) is 0 Å². The molecule has 1 aliphatic rings. The van der Waals surface area contributed by atoms with E-state index in [1.807, 2.05) is 20.0 Å². The Balaban J connectivity index is 1.81. The molecule has 1 unspecified atom stereocenters. The van der Waals surface area contributed by atoms with Crippen LogP contribution in [0.15, 0.2) is 36.4 Å². The van der Waals surface area contributed by atoms with E-state index < -0.39 is 0 Å². The number of likely N-dealkylation sites (N-methyl/N-ethyl adjacent to an activating group) is 1. The van der Waals surface area contributed by atoms with E-state index in [1.54, 1.807) is 11.1 Å². The van der Waals surface area contributed by atoms with Crippen LogP contribution in [-0.2, 0) is 19.3 Å². The number of aromatic nitrogens is 1. The van der Waals surface area contributed by atoms with Crippen LogP contribution in [0.2, 0.25) is 0 Å². The second-order valence-corrected chi connectivity index (χ2v) is 5.71. The summed E-state index contributed by atoms with van der Waals surface area (Å²) in [6, 6.07) is 13.5. The van der Waals surface area contributed by atoms with Gasteiger partial charge in [0.25, 0.3) is 0 Å². The number of aryl methyl sites for hydroxylation is 3. The predicted octanol–water partition coefficient (Wildman–Crippen LogP) is 3.38. The molecule has 0 spiro atoms. The summed E-state index contributed by atoms with van der Waals surface area (Å²) in [5.41, 5.74) is 6.72. The average Bonchev–Trinajstić information content (AvgIpc) is 2.92. The van der Waals surface area contributed by atoms with Crippen molar-refractivity contribution >= 4 is 0 Å². The number of fused-ring (bicyclic) bond motifs is 1. The van der Waals surface area contributed by atoms with Crippen LogP contribution in [0.25, 0.3) is 0 Å². The molecule has 0 radical (unpaired) electrons. The summed E-state index contributed by atoms with van der Waals surface area (Å²) < 4.78 is 0. The second-order valence-electron chi connectivity index (χ2n) is 5.71. The molecule has 1 atom stereocenters. The van der Waals surface area contributed by atoms with Crippen molar-refractivity contribution in [2.24, 2.45) is 0 Å². The molecule has 1 aliphatic carbocycles. The monoisotopic (exact) mass is 266 g/mol. The van der Waals surface area contributed by atoms with Gasteiger partial charge in [-0.1, -0.05) is 24.3 Å². The fraction of sp³-hybridized carbons (Fsp3) is 0.389. The maximum absolute atomic E-state index is 4.65. The van der Waals surface area contributed by atoms with Gasteiger partial charge in [-0.05, 0) is 68.5 Å². The van der Waals surface area contributed by atoms with Gasteiger partial charge >= 0.3 is 0 Å². The number of nitrogens with one attached hydrogen (secondary N) is 1. The lowest BCUT2D eigenvalue weighted by Crippen LogP contribution is -2.20. The van der Waals surface area contributed by atoms with Crippen LogP contribution >= 0.6 is 0 Å². The zero-order valence-electron chi connectivity index (χ0n) is 12.3. The minimum Gasteiger partial charge on any atom is -0.311 e. The standard InChI is InChI=1S/C18H22N2/c1-13-5-3-8-17(20-13)18(19-2)12-14-9-10-15-6-4-7-16(15)11-14/h3,5,8-11,18-19H,4,6-7,12H2,1-2H3. The first kappa shape index (κ1) is 13.3. The van der Waals surface area contributed by atoms with Crippen molar-refractivity contribution in [2.45, 2.75) is 38.6 Å². The highest BCUT2D eigenvalue weighted by molar-refractivity contribution is 5.36. The normalized spacial score (nSPS) is 15.1. The SMILES string of the molecule is CNC(Cc1ccc2c(c1)CCC2)c1cccc(C)n1. The predicted molar refractivity (Wildman–Crippen MR) is 82.9 cm³/mol. The molecule has 1 N–H and O–H groups in total. The molecule has 104 valence electrons. The molecule has 0 bridgehead atoms. The Morgan fingerprint density at radius 2 is 2.00 bits per heavy atom. The van der Waals surface area contributed by atoms with Gasteiger partial charge in [0, 0.05) is 5.69 Å². The Hall–Kier alpha value is -1.67. The first-order valence-corrected chi connectivity index (χ1v) is 7.48. The molecular weight excluding hydrogens is 244 g/mol. The molecule has 1 aromatic heterocycles. The summed E-state index contributed by atoms with van der Waals surface area (Å²) >= 11 is 0. The van der Waals surface area contributed by atoms with Crippen molar-refractivity contribution in [3.05, 3.63) is 64.5 Å². The van der Waals surface area contributed by atoms with Crippen LogP contribution in [0.5, 0.6) is 0 Å². The topological polar surface area (TPSA) is 24.9 Å². The third kappa shape index (κ3) is 2.75. The molecule has 2 nitrogen and oxygen atoms in total. The van der Waals surface area contributed by atoms with Crippen LogP contribution in [0, 0.1) is 6.92 Å². The van der Waals surface area contributed by atoms with E-state index in [1.165, 1.54) is 24.8 Å². The van der Waals surface area contributed by atoms with Gasteiger partial charge in [0.2, 0.25) is 0 Å². The molecule has 0 saturated heterocycles. The highest BCUT2D eigenvalue weighted by atomic mass is 14.9. The van der Waals surface area contributed by atoms with E-state index in [9.17, 15) is 0 Å². The van der Waals surface area contributed by atoms with Crippen molar-refractivity contribution in [2.75, 3.05) is 7.05 Å². The van der Waals surface area contributed by atoms with Crippen LogP contribution in [0.4, 0.5) is 0 Å². The highest BCUT2D eigenvalue weighted by Gasteiger charge is 2.15. The molecule has 20 heavy (non-hydrogen) atoms. The fourth-order valence-electron chi connectivity index (χ4n) is 3.10. The molecule has 1 aromatic carbocycles. The van der Waals surface area contributed by atoms with Crippen LogP contribution in [0.3, 0.4) is 0 Å². The Morgan fingerprint density at radius 1 is 1.15 bits per heavy atom. The third-order valence-corrected chi connectivity index (χ3v) is 4.22. The molecule has 0 aliphatic heterocycles. The molecular formula is C18H22N2.